The Balaban J connectivity index is 0.00000225. The van der Waals surface area contributed by atoms with Gasteiger partial charge >= 0.3 is 0 Å². The molecule has 0 aliphatic carbocycles. The molecule has 0 atom stereocenters. The Morgan fingerprint density at radius 1 is 1.25 bits per heavy atom. The topological polar surface area (TPSA) is 59.4 Å². The van der Waals surface area contributed by atoms with Crippen molar-refractivity contribution in [3.05, 3.63) is 52.8 Å². The summed E-state index contributed by atoms with van der Waals surface area (Å²) in [7, 11) is 1.94. The van der Waals surface area contributed by atoms with Crippen molar-refractivity contribution in [2.45, 2.75) is 6.92 Å². The average molecular weight is 421 g/mol. The van der Waals surface area contributed by atoms with Gasteiger partial charge in [-0.25, -0.2) is 4.98 Å². The van der Waals surface area contributed by atoms with Crippen molar-refractivity contribution in [3.8, 4) is 0 Å². The zero-order valence-electron chi connectivity index (χ0n) is 15.7. The van der Waals surface area contributed by atoms with Gasteiger partial charge in [-0.3, -0.25) is 4.79 Å². The van der Waals surface area contributed by atoms with Gasteiger partial charge in [-0.2, -0.15) is 0 Å². The number of morpholine rings is 1. The van der Waals surface area contributed by atoms with Crippen molar-refractivity contribution in [1.29, 1.82) is 0 Å². The average Bonchev–Trinajstić information content (AvgIpc) is 3.08. The summed E-state index contributed by atoms with van der Waals surface area (Å²) in [6.45, 7) is 4.32. The van der Waals surface area contributed by atoms with Crippen LogP contribution >= 0.6 is 24.0 Å². The van der Waals surface area contributed by atoms with E-state index in [2.05, 4.69) is 10.3 Å². The lowest BCUT2D eigenvalue weighted by Crippen LogP contribution is -2.40. The van der Waals surface area contributed by atoms with E-state index in [4.69, 9.17) is 16.3 Å². The third-order valence-corrected chi connectivity index (χ3v) is 5.28. The van der Waals surface area contributed by atoms with E-state index in [-0.39, 0.29) is 18.3 Å². The van der Waals surface area contributed by atoms with E-state index in [1.807, 2.05) is 53.9 Å². The minimum absolute atomic E-state index is 0. The van der Waals surface area contributed by atoms with E-state index in [0.29, 0.717) is 42.7 Å². The van der Waals surface area contributed by atoms with Crippen LogP contribution in [0.1, 0.15) is 15.9 Å². The summed E-state index contributed by atoms with van der Waals surface area (Å²) in [6, 6.07) is 7.77. The molecule has 1 amide bonds. The number of amides is 1. The number of fused-ring (bicyclic) bond motifs is 1. The van der Waals surface area contributed by atoms with Gasteiger partial charge in [0.1, 0.15) is 5.82 Å². The van der Waals surface area contributed by atoms with Gasteiger partial charge in [-0.05, 0) is 30.7 Å². The number of carbonyl (C=O) groups excluding carboxylic acids is 1. The molecule has 3 heterocycles. The van der Waals surface area contributed by atoms with Crippen molar-refractivity contribution < 1.29 is 9.53 Å². The standard InChI is InChI=1S/C20H21ClN4O2.ClH/c1-13-3-4-14(11-17(13)21)23-19-15-5-6-24(2)18(15)16(12-22-19)20(26)25-7-9-27-10-8-25;/h3-6,11-12H,7-10H2,1-2H3,(H,22,23);1H. The molecule has 0 radical (unpaired) electrons. The SMILES string of the molecule is Cc1ccc(Nc2ncc(C(=O)N3CCOCC3)c3c2ccn3C)cc1Cl.Cl. The molecule has 6 nitrogen and oxygen atoms in total. The number of halogens is 2. The maximum atomic E-state index is 13.0. The Morgan fingerprint density at radius 2 is 2.00 bits per heavy atom. The summed E-state index contributed by atoms with van der Waals surface area (Å²) in [4.78, 5) is 19.4. The number of rotatable bonds is 3. The van der Waals surface area contributed by atoms with Crippen LogP contribution in [-0.2, 0) is 11.8 Å². The first-order chi connectivity index (χ1) is 13.0. The molecule has 1 aliphatic rings. The number of hydrogen-bond acceptors (Lipinski definition) is 4. The van der Waals surface area contributed by atoms with Crippen LogP contribution in [0.4, 0.5) is 11.5 Å². The maximum absolute atomic E-state index is 13.0. The molecule has 4 rings (SSSR count). The highest BCUT2D eigenvalue weighted by atomic mass is 35.5. The fourth-order valence-electron chi connectivity index (χ4n) is 3.32. The van der Waals surface area contributed by atoms with Gasteiger partial charge < -0.3 is 19.5 Å². The highest BCUT2D eigenvalue weighted by Crippen LogP contribution is 2.30. The number of ether oxygens (including phenoxy) is 1. The Labute approximate surface area is 174 Å². The molecule has 1 N–H and O–H groups in total. The van der Waals surface area contributed by atoms with E-state index in [1.54, 1.807) is 6.20 Å². The zero-order valence-corrected chi connectivity index (χ0v) is 17.3. The van der Waals surface area contributed by atoms with Crippen LogP contribution in [0.5, 0.6) is 0 Å². The molecular formula is C20H22Cl2N4O2. The van der Waals surface area contributed by atoms with Gasteiger partial charge in [0, 0.05) is 48.6 Å². The van der Waals surface area contributed by atoms with Crippen molar-refractivity contribution >= 4 is 52.3 Å². The molecule has 148 valence electrons. The van der Waals surface area contributed by atoms with Crippen LogP contribution in [0.3, 0.4) is 0 Å². The van der Waals surface area contributed by atoms with Crippen molar-refractivity contribution in [2.75, 3.05) is 31.6 Å². The number of aromatic nitrogens is 2. The lowest BCUT2D eigenvalue weighted by Gasteiger charge is -2.27. The minimum Gasteiger partial charge on any atom is -0.378 e. The molecule has 0 spiro atoms. The third kappa shape index (κ3) is 3.81. The number of benzene rings is 1. The van der Waals surface area contributed by atoms with Crippen LogP contribution < -0.4 is 5.32 Å². The molecule has 0 bridgehead atoms. The van der Waals surface area contributed by atoms with Crippen LogP contribution in [0.25, 0.3) is 10.9 Å². The summed E-state index contributed by atoms with van der Waals surface area (Å²) in [5.74, 6) is 0.687. The number of pyridine rings is 1. The van der Waals surface area contributed by atoms with E-state index < -0.39 is 0 Å². The summed E-state index contributed by atoms with van der Waals surface area (Å²) >= 11 is 6.23. The van der Waals surface area contributed by atoms with E-state index in [0.717, 1.165) is 22.2 Å². The Morgan fingerprint density at radius 3 is 2.71 bits per heavy atom. The van der Waals surface area contributed by atoms with Gasteiger partial charge in [0.05, 0.1) is 24.3 Å². The maximum Gasteiger partial charge on any atom is 0.257 e. The first-order valence-corrected chi connectivity index (χ1v) is 9.26. The highest BCUT2D eigenvalue weighted by molar-refractivity contribution is 6.31. The zero-order chi connectivity index (χ0) is 19.0. The molecular weight excluding hydrogens is 399 g/mol. The number of carbonyl (C=O) groups is 1. The fraction of sp³-hybridized carbons (Fsp3) is 0.300. The molecule has 1 aromatic carbocycles. The van der Waals surface area contributed by atoms with Crippen LogP contribution in [0, 0.1) is 6.92 Å². The Kier molecular flexibility index (Phi) is 6.13. The smallest absolute Gasteiger partial charge is 0.257 e. The van der Waals surface area contributed by atoms with Crippen molar-refractivity contribution in [1.82, 2.24) is 14.5 Å². The number of anilines is 2. The normalized spacial score (nSPS) is 14.0. The predicted molar refractivity (Wildman–Crippen MR) is 114 cm³/mol. The number of nitrogens with zero attached hydrogens (tertiary/aromatic N) is 3. The number of nitrogens with one attached hydrogen (secondary N) is 1. The number of hydrogen-bond donors (Lipinski definition) is 1. The first-order valence-electron chi connectivity index (χ1n) is 8.89. The molecule has 1 fully saturated rings. The monoisotopic (exact) mass is 420 g/mol. The fourth-order valence-corrected chi connectivity index (χ4v) is 3.50. The Bertz CT molecular complexity index is 1010. The second-order valence-electron chi connectivity index (χ2n) is 6.70. The van der Waals surface area contributed by atoms with E-state index in [9.17, 15) is 4.79 Å². The molecule has 28 heavy (non-hydrogen) atoms. The van der Waals surface area contributed by atoms with Crippen LogP contribution in [-0.4, -0.2) is 46.7 Å². The molecule has 3 aromatic rings. The molecule has 0 unspecified atom stereocenters. The molecule has 0 saturated carbocycles. The quantitative estimate of drug-likeness (QED) is 0.690. The predicted octanol–water partition coefficient (Wildman–Crippen LogP) is 4.17. The van der Waals surface area contributed by atoms with E-state index in [1.165, 1.54) is 0 Å². The lowest BCUT2D eigenvalue weighted by molar-refractivity contribution is 0.0303. The molecule has 1 saturated heterocycles. The summed E-state index contributed by atoms with van der Waals surface area (Å²) in [5, 5.41) is 4.91. The third-order valence-electron chi connectivity index (χ3n) is 4.87. The highest BCUT2D eigenvalue weighted by Gasteiger charge is 2.23. The molecule has 1 aliphatic heterocycles. The first kappa shape index (κ1) is 20.5. The molecule has 2 aromatic heterocycles. The summed E-state index contributed by atoms with van der Waals surface area (Å²) in [5.41, 5.74) is 3.34. The van der Waals surface area contributed by atoms with Gasteiger partial charge in [0.25, 0.3) is 5.91 Å². The summed E-state index contributed by atoms with van der Waals surface area (Å²) < 4.78 is 7.31. The van der Waals surface area contributed by atoms with E-state index >= 15 is 0 Å². The molecule has 8 heteroatoms. The largest absolute Gasteiger partial charge is 0.378 e. The minimum atomic E-state index is -0.0115. The van der Waals surface area contributed by atoms with Gasteiger partial charge in [-0.15, -0.1) is 12.4 Å². The van der Waals surface area contributed by atoms with Gasteiger partial charge in [0.2, 0.25) is 0 Å². The van der Waals surface area contributed by atoms with Crippen LogP contribution in [0.2, 0.25) is 5.02 Å². The van der Waals surface area contributed by atoms with Crippen molar-refractivity contribution in [3.63, 3.8) is 0 Å². The second kappa shape index (κ2) is 8.39. The summed E-state index contributed by atoms with van der Waals surface area (Å²) in [6.07, 6.45) is 3.59. The lowest BCUT2D eigenvalue weighted by atomic mass is 10.1. The Hall–Kier alpha value is -2.28. The second-order valence-corrected chi connectivity index (χ2v) is 7.11. The van der Waals surface area contributed by atoms with Gasteiger partial charge in [-0.1, -0.05) is 17.7 Å². The number of aryl methyl sites for hydroxylation is 2. The van der Waals surface area contributed by atoms with Crippen LogP contribution in [0.15, 0.2) is 36.7 Å². The van der Waals surface area contributed by atoms with Crippen molar-refractivity contribution in [2.24, 2.45) is 7.05 Å². The van der Waals surface area contributed by atoms with Gasteiger partial charge in [0.15, 0.2) is 0 Å².